The lowest BCUT2D eigenvalue weighted by molar-refractivity contribution is -0.137. The number of halogens is 3. The second-order valence-corrected chi connectivity index (χ2v) is 9.12. The monoisotopic (exact) mass is 471 g/mol. The molecular weight excluding hydrogens is 435 g/mol. The van der Waals surface area contributed by atoms with Crippen LogP contribution in [0.4, 0.5) is 18.9 Å². The minimum atomic E-state index is -4.58. The summed E-state index contributed by atoms with van der Waals surface area (Å²) in [5.74, 6) is -0.799. The molecule has 6 nitrogen and oxygen atoms in total. The summed E-state index contributed by atoms with van der Waals surface area (Å²) in [4.78, 5) is 27.3. The minimum Gasteiger partial charge on any atom is -0.497 e. The fourth-order valence-electron chi connectivity index (χ4n) is 4.47. The minimum absolute atomic E-state index is 0.00397. The lowest BCUT2D eigenvalue weighted by Crippen LogP contribution is -2.49. The van der Waals surface area contributed by atoms with Gasteiger partial charge in [-0.15, -0.1) is 0 Å². The van der Waals surface area contributed by atoms with E-state index in [4.69, 9.17) is 4.74 Å². The predicted molar refractivity (Wildman–Crippen MR) is 122 cm³/mol. The maximum Gasteiger partial charge on any atom is 0.416 e. The molecule has 0 radical (unpaired) electrons. The molecule has 3 atom stereocenters. The number of nitrogens with zero attached hydrogens (tertiary/aromatic N) is 1. The molecule has 33 heavy (non-hydrogen) atoms. The van der Waals surface area contributed by atoms with Gasteiger partial charge in [0.15, 0.2) is 0 Å². The first-order valence-corrected chi connectivity index (χ1v) is 11.5. The molecule has 0 aromatic heterocycles. The number of hydrogen-bond acceptors (Lipinski definition) is 4. The van der Waals surface area contributed by atoms with Gasteiger partial charge >= 0.3 is 6.18 Å². The van der Waals surface area contributed by atoms with Gasteiger partial charge in [0.1, 0.15) is 12.2 Å². The van der Waals surface area contributed by atoms with Gasteiger partial charge in [-0.3, -0.25) is 9.59 Å². The van der Waals surface area contributed by atoms with Crippen molar-refractivity contribution in [3.63, 3.8) is 0 Å². The van der Waals surface area contributed by atoms with Crippen molar-refractivity contribution < 1.29 is 27.5 Å². The van der Waals surface area contributed by atoms with Gasteiger partial charge in [0.05, 0.1) is 12.7 Å². The van der Waals surface area contributed by atoms with E-state index in [0.717, 1.165) is 44.2 Å². The Bertz CT molecular complexity index is 814. The number of methoxy groups -OCH3 is 1. The van der Waals surface area contributed by atoms with E-state index in [1.165, 1.54) is 13.2 Å². The molecule has 186 valence electrons. The largest absolute Gasteiger partial charge is 0.497 e. The van der Waals surface area contributed by atoms with Gasteiger partial charge in [0.25, 0.3) is 0 Å². The van der Waals surface area contributed by atoms with E-state index in [9.17, 15) is 22.8 Å². The summed E-state index contributed by atoms with van der Waals surface area (Å²) in [6.07, 6.45) is -0.244. The van der Waals surface area contributed by atoms with E-state index in [1.54, 1.807) is 0 Å². The molecule has 0 saturated heterocycles. The van der Waals surface area contributed by atoms with Crippen molar-refractivity contribution in [3.05, 3.63) is 23.8 Å². The molecular formula is C24H36F3N3O3. The van der Waals surface area contributed by atoms with Crippen molar-refractivity contribution in [2.75, 3.05) is 19.5 Å². The van der Waals surface area contributed by atoms with Gasteiger partial charge in [0, 0.05) is 29.9 Å². The Balaban J connectivity index is 1.98. The second-order valence-electron chi connectivity index (χ2n) is 9.12. The van der Waals surface area contributed by atoms with Gasteiger partial charge in [-0.05, 0) is 64.6 Å². The fourth-order valence-corrected chi connectivity index (χ4v) is 4.47. The van der Waals surface area contributed by atoms with Crippen LogP contribution in [0.3, 0.4) is 0 Å². The van der Waals surface area contributed by atoms with Crippen LogP contribution in [0.5, 0.6) is 5.75 Å². The van der Waals surface area contributed by atoms with Crippen LogP contribution in [0.2, 0.25) is 0 Å². The summed E-state index contributed by atoms with van der Waals surface area (Å²) < 4.78 is 44.1. The van der Waals surface area contributed by atoms with Crippen LogP contribution >= 0.6 is 0 Å². The molecule has 1 aromatic carbocycles. The summed E-state index contributed by atoms with van der Waals surface area (Å²) in [6, 6.07) is 3.87. The Morgan fingerprint density at radius 2 is 1.88 bits per heavy atom. The van der Waals surface area contributed by atoms with Gasteiger partial charge in [-0.1, -0.05) is 13.3 Å². The predicted octanol–water partition coefficient (Wildman–Crippen LogP) is 4.84. The summed E-state index contributed by atoms with van der Waals surface area (Å²) in [7, 11) is 3.37. The Labute approximate surface area is 194 Å². The maximum atomic E-state index is 13.1. The van der Waals surface area contributed by atoms with Crippen molar-refractivity contribution in [1.29, 1.82) is 0 Å². The highest BCUT2D eigenvalue weighted by Gasteiger charge is 2.34. The van der Waals surface area contributed by atoms with Gasteiger partial charge in [-0.25, -0.2) is 0 Å². The first kappa shape index (κ1) is 27.0. The fraction of sp³-hybridized carbons (Fsp3) is 0.667. The van der Waals surface area contributed by atoms with E-state index in [0.29, 0.717) is 18.0 Å². The van der Waals surface area contributed by atoms with Gasteiger partial charge < -0.3 is 20.3 Å². The number of amides is 2. The zero-order valence-electron chi connectivity index (χ0n) is 20.1. The molecule has 9 heteroatoms. The Morgan fingerprint density at radius 3 is 2.45 bits per heavy atom. The smallest absolute Gasteiger partial charge is 0.416 e. The third kappa shape index (κ3) is 7.91. The Hall–Kier alpha value is -2.29. The average Bonchev–Trinajstić information content (AvgIpc) is 2.73. The number of carbonyl (C=O) groups is 2. The van der Waals surface area contributed by atoms with Gasteiger partial charge in [-0.2, -0.15) is 13.2 Å². The molecule has 0 aliphatic heterocycles. The molecule has 1 aliphatic carbocycles. The molecule has 0 spiro atoms. The van der Waals surface area contributed by atoms with Crippen molar-refractivity contribution in [2.24, 2.45) is 5.92 Å². The number of rotatable bonds is 9. The highest BCUT2D eigenvalue weighted by molar-refractivity contribution is 6.03. The first-order chi connectivity index (χ1) is 15.4. The van der Waals surface area contributed by atoms with Crippen LogP contribution in [0, 0.1) is 5.92 Å². The van der Waals surface area contributed by atoms with E-state index in [2.05, 4.69) is 43.4 Å². The number of alkyl halides is 3. The summed E-state index contributed by atoms with van der Waals surface area (Å²) in [5.41, 5.74) is -1.01. The van der Waals surface area contributed by atoms with Crippen molar-refractivity contribution in [1.82, 2.24) is 10.2 Å². The molecule has 2 amide bonds. The van der Waals surface area contributed by atoms with Crippen LogP contribution in [0.25, 0.3) is 0 Å². The zero-order valence-corrected chi connectivity index (χ0v) is 20.1. The number of benzene rings is 1. The molecule has 1 saturated carbocycles. The van der Waals surface area contributed by atoms with Crippen molar-refractivity contribution >= 4 is 17.5 Å². The Kier molecular flexibility index (Phi) is 9.57. The van der Waals surface area contributed by atoms with E-state index in [-0.39, 0.29) is 17.5 Å². The summed E-state index contributed by atoms with van der Waals surface area (Å²) in [5, 5.41) is 5.38. The average molecular weight is 472 g/mol. The number of ether oxygens (including phenoxy) is 1. The zero-order chi connectivity index (χ0) is 24.8. The van der Waals surface area contributed by atoms with Crippen LogP contribution in [0.15, 0.2) is 18.2 Å². The number of hydrogen-bond donors (Lipinski definition) is 2. The third-order valence-electron chi connectivity index (χ3n) is 6.43. The molecule has 1 fully saturated rings. The van der Waals surface area contributed by atoms with E-state index >= 15 is 0 Å². The van der Waals surface area contributed by atoms with E-state index in [1.807, 2.05) is 0 Å². The van der Waals surface area contributed by atoms with Crippen LogP contribution < -0.4 is 15.4 Å². The number of anilines is 1. The quantitative estimate of drug-likeness (QED) is 0.506. The first-order valence-electron chi connectivity index (χ1n) is 11.5. The van der Waals surface area contributed by atoms with Crippen LogP contribution in [-0.4, -0.2) is 49.0 Å². The maximum absolute atomic E-state index is 13.1. The standard InChI is InChI=1S/C24H36F3N3O3/c1-6-7-16-10-19(30(4)15(2)3)8-9-21(16)29-23(32)14-22(31)28-18-11-17(24(25,26)27)12-20(13-18)33-5/h11-13,15-16,19,21H,6-10,14H2,1-5H3,(H,28,31)(H,29,32)/t16-,19-,21-/m0/s1. The highest BCUT2D eigenvalue weighted by atomic mass is 19.4. The normalized spacial score (nSPS) is 21.2. The molecule has 0 bridgehead atoms. The number of carbonyl (C=O) groups excluding carboxylic acids is 2. The highest BCUT2D eigenvalue weighted by Crippen LogP contribution is 2.34. The Morgan fingerprint density at radius 1 is 1.18 bits per heavy atom. The lowest BCUT2D eigenvalue weighted by Gasteiger charge is -2.41. The van der Waals surface area contributed by atoms with Crippen LogP contribution in [0.1, 0.15) is 64.9 Å². The van der Waals surface area contributed by atoms with Crippen molar-refractivity contribution in [3.8, 4) is 5.75 Å². The van der Waals surface area contributed by atoms with E-state index < -0.39 is 30.0 Å². The van der Waals surface area contributed by atoms with Crippen LogP contribution in [-0.2, 0) is 15.8 Å². The molecule has 0 heterocycles. The molecule has 1 aliphatic rings. The SMILES string of the molecule is CCC[C@H]1C[C@@H](N(C)C(C)C)CC[C@@H]1NC(=O)CC(=O)Nc1cc(OC)cc(C(F)(F)F)c1. The molecule has 0 unspecified atom stereocenters. The van der Waals surface area contributed by atoms with Gasteiger partial charge in [0.2, 0.25) is 11.8 Å². The topological polar surface area (TPSA) is 70.7 Å². The molecule has 1 aromatic rings. The summed E-state index contributed by atoms with van der Waals surface area (Å²) in [6.45, 7) is 6.45. The molecule has 2 N–H and O–H groups in total. The summed E-state index contributed by atoms with van der Waals surface area (Å²) >= 11 is 0. The van der Waals surface area contributed by atoms with Crippen molar-refractivity contribution in [2.45, 2.75) is 83.6 Å². The lowest BCUT2D eigenvalue weighted by atomic mass is 9.78. The third-order valence-corrected chi connectivity index (χ3v) is 6.43. The second kappa shape index (κ2) is 11.7. The molecule has 2 rings (SSSR count). The number of nitrogens with one attached hydrogen (secondary N) is 2.